The second-order valence-corrected chi connectivity index (χ2v) is 6.09. The summed E-state index contributed by atoms with van der Waals surface area (Å²) in [6.45, 7) is 2.36. The minimum Gasteiger partial charge on any atom is -0.368 e. The number of benzene rings is 1. The van der Waals surface area contributed by atoms with Gasteiger partial charge in [0.15, 0.2) is 4.90 Å². The fourth-order valence-electron chi connectivity index (χ4n) is 1.33. The number of carbonyl (C=O) groups excluding carboxylic acids is 1. The molecule has 0 radical (unpaired) electrons. The zero-order chi connectivity index (χ0) is 15.7. The summed E-state index contributed by atoms with van der Waals surface area (Å²) in [5.41, 5.74) is 2.13. The van der Waals surface area contributed by atoms with Gasteiger partial charge in [-0.1, -0.05) is 6.07 Å². The highest BCUT2D eigenvalue weighted by atomic mass is 32.2. The van der Waals surface area contributed by atoms with E-state index in [-0.39, 0.29) is 0 Å². The van der Waals surface area contributed by atoms with Crippen LogP contribution in [-0.4, -0.2) is 24.8 Å². The lowest BCUT2D eigenvalue weighted by atomic mass is 10.1. The Morgan fingerprint density at radius 3 is 2.45 bits per heavy atom. The molecule has 1 aromatic carbocycles. The molecule has 1 aromatic rings. The molecule has 8 nitrogen and oxygen atoms in total. The van der Waals surface area contributed by atoms with Gasteiger partial charge in [-0.2, -0.15) is 9.11 Å². The Hall–Kier alpha value is -2.07. The number of primary amides is 1. The third kappa shape index (κ3) is 3.08. The number of rotatable bonds is 5. The van der Waals surface area contributed by atoms with Crippen molar-refractivity contribution in [1.29, 1.82) is 0 Å². The number of nitro groups is 1. The van der Waals surface area contributed by atoms with E-state index in [2.05, 4.69) is 0 Å². The molecule has 1 amide bonds. The summed E-state index contributed by atoms with van der Waals surface area (Å²) in [5, 5.41) is 10.8. The molecule has 0 saturated heterocycles. The zero-order valence-electron chi connectivity index (χ0n) is 10.6. The first kappa shape index (κ1) is 16.0. The van der Waals surface area contributed by atoms with Gasteiger partial charge in [0, 0.05) is 0 Å². The highest BCUT2D eigenvalue weighted by Crippen LogP contribution is 2.27. The SMILES string of the molecule is CC(C)(NS(=O)(=O)c1cccc(F)c1[N+](=O)[O-])C(N)=O. The fourth-order valence-corrected chi connectivity index (χ4v) is 2.90. The Morgan fingerprint density at radius 2 is 2.00 bits per heavy atom. The van der Waals surface area contributed by atoms with Gasteiger partial charge in [0.25, 0.3) is 0 Å². The first-order valence-corrected chi connectivity index (χ1v) is 6.74. The van der Waals surface area contributed by atoms with E-state index in [1.165, 1.54) is 13.8 Å². The second-order valence-electron chi connectivity index (χ2n) is 4.44. The van der Waals surface area contributed by atoms with E-state index >= 15 is 0 Å². The highest BCUT2D eigenvalue weighted by molar-refractivity contribution is 7.89. The van der Waals surface area contributed by atoms with E-state index < -0.39 is 42.8 Å². The van der Waals surface area contributed by atoms with Gasteiger partial charge in [0.2, 0.25) is 21.7 Å². The van der Waals surface area contributed by atoms with Gasteiger partial charge in [0.1, 0.15) is 5.54 Å². The molecular formula is C10H12FN3O5S. The summed E-state index contributed by atoms with van der Waals surface area (Å²) < 4.78 is 39.4. The van der Waals surface area contributed by atoms with Crippen LogP contribution in [0.25, 0.3) is 0 Å². The van der Waals surface area contributed by atoms with E-state index in [9.17, 15) is 27.7 Å². The van der Waals surface area contributed by atoms with Gasteiger partial charge >= 0.3 is 5.69 Å². The molecule has 110 valence electrons. The van der Waals surface area contributed by atoms with Crippen molar-refractivity contribution < 1.29 is 22.5 Å². The van der Waals surface area contributed by atoms with Crippen molar-refractivity contribution in [3.63, 3.8) is 0 Å². The van der Waals surface area contributed by atoms with Crippen molar-refractivity contribution in [2.24, 2.45) is 5.73 Å². The van der Waals surface area contributed by atoms with Crippen LogP contribution in [0, 0.1) is 15.9 Å². The second kappa shape index (κ2) is 5.13. The topological polar surface area (TPSA) is 132 Å². The smallest absolute Gasteiger partial charge is 0.324 e. The highest BCUT2D eigenvalue weighted by Gasteiger charge is 2.36. The van der Waals surface area contributed by atoms with E-state index in [0.29, 0.717) is 0 Å². The third-order valence-corrected chi connectivity index (χ3v) is 4.11. The Bertz CT molecular complexity index is 671. The molecule has 0 bridgehead atoms. The van der Waals surface area contributed by atoms with Crippen LogP contribution in [0.15, 0.2) is 23.1 Å². The molecule has 0 heterocycles. The lowest BCUT2D eigenvalue weighted by Crippen LogP contribution is -2.52. The summed E-state index contributed by atoms with van der Waals surface area (Å²) >= 11 is 0. The maximum Gasteiger partial charge on any atom is 0.324 e. The number of nitrogens with two attached hydrogens (primary N) is 1. The summed E-state index contributed by atoms with van der Waals surface area (Å²) in [4.78, 5) is 19.8. The molecule has 1 rings (SSSR count). The summed E-state index contributed by atoms with van der Waals surface area (Å²) in [5.74, 6) is -2.28. The number of para-hydroxylation sites is 1. The molecular weight excluding hydrogens is 293 g/mol. The average Bonchev–Trinajstić information content (AvgIpc) is 2.26. The molecule has 0 unspecified atom stereocenters. The van der Waals surface area contributed by atoms with Gasteiger partial charge in [-0.05, 0) is 26.0 Å². The van der Waals surface area contributed by atoms with E-state index in [0.717, 1.165) is 18.2 Å². The lowest BCUT2D eigenvalue weighted by Gasteiger charge is -2.21. The summed E-state index contributed by atoms with van der Waals surface area (Å²) in [7, 11) is -4.49. The van der Waals surface area contributed by atoms with Crippen LogP contribution in [0.3, 0.4) is 0 Å². The zero-order valence-corrected chi connectivity index (χ0v) is 11.4. The van der Waals surface area contributed by atoms with Gasteiger partial charge in [-0.25, -0.2) is 8.42 Å². The quantitative estimate of drug-likeness (QED) is 0.595. The minimum atomic E-state index is -4.49. The van der Waals surface area contributed by atoms with Crippen LogP contribution in [0.4, 0.5) is 10.1 Å². The van der Waals surface area contributed by atoms with Crippen LogP contribution in [0.2, 0.25) is 0 Å². The number of amides is 1. The molecule has 0 aliphatic rings. The Kier molecular flexibility index (Phi) is 4.10. The predicted molar refractivity (Wildman–Crippen MR) is 66.6 cm³/mol. The van der Waals surface area contributed by atoms with Crippen molar-refractivity contribution >= 4 is 21.6 Å². The molecule has 0 saturated carbocycles. The van der Waals surface area contributed by atoms with Crippen LogP contribution >= 0.6 is 0 Å². The van der Waals surface area contributed by atoms with Crippen LogP contribution in [0.5, 0.6) is 0 Å². The largest absolute Gasteiger partial charge is 0.368 e. The Balaban J connectivity index is 3.42. The molecule has 0 aliphatic carbocycles. The molecule has 10 heteroatoms. The third-order valence-electron chi connectivity index (χ3n) is 2.43. The predicted octanol–water partition coefficient (Wildman–Crippen LogP) is 0.276. The number of nitro benzene ring substituents is 1. The van der Waals surface area contributed by atoms with Crippen molar-refractivity contribution in [2.75, 3.05) is 0 Å². The number of hydrogen-bond acceptors (Lipinski definition) is 5. The number of carbonyl (C=O) groups is 1. The van der Waals surface area contributed by atoms with Crippen LogP contribution in [-0.2, 0) is 14.8 Å². The number of nitrogens with one attached hydrogen (secondary N) is 1. The van der Waals surface area contributed by atoms with Gasteiger partial charge < -0.3 is 5.73 Å². The average molecular weight is 305 g/mol. The molecule has 0 aliphatic heterocycles. The van der Waals surface area contributed by atoms with Crippen molar-refractivity contribution in [1.82, 2.24) is 4.72 Å². The molecule has 0 spiro atoms. The molecule has 20 heavy (non-hydrogen) atoms. The molecule has 0 atom stereocenters. The monoisotopic (exact) mass is 305 g/mol. The van der Waals surface area contributed by atoms with Gasteiger partial charge in [-0.3, -0.25) is 14.9 Å². The minimum absolute atomic E-state index is 0.760. The maximum absolute atomic E-state index is 13.4. The first-order valence-electron chi connectivity index (χ1n) is 5.26. The standard InChI is InChI=1S/C10H12FN3O5S/c1-10(2,9(12)15)13-20(18,19)7-5-3-4-6(11)8(7)14(16)17/h3-5,13H,1-2H3,(H2,12,15). The number of hydrogen-bond donors (Lipinski definition) is 2. The number of halogens is 1. The van der Waals surface area contributed by atoms with Gasteiger partial charge in [-0.15, -0.1) is 0 Å². The Labute approximate surface area is 114 Å². The van der Waals surface area contributed by atoms with Crippen LogP contribution in [0.1, 0.15) is 13.8 Å². The lowest BCUT2D eigenvalue weighted by molar-refractivity contribution is -0.390. The van der Waals surface area contributed by atoms with E-state index in [4.69, 9.17) is 5.73 Å². The first-order chi connectivity index (χ1) is 8.99. The van der Waals surface area contributed by atoms with E-state index in [1.807, 2.05) is 4.72 Å². The van der Waals surface area contributed by atoms with Crippen molar-refractivity contribution in [3.05, 3.63) is 34.1 Å². The molecule has 0 fully saturated rings. The van der Waals surface area contributed by atoms with Crippen molar-refractivity contribution in [2.45, 2.75) is 24.3 Å². The molecule has 0 aromatic heterocycles. The normalized spacial score (nSPS) is 12.2. The van der Waals surface area contributed by atoms with E-state index in [1.54, 1.807) is 0 Å². The molecule has 3 N–H and O–H groups in total. The fraction of sp³-hybridized carbons (Fsp3) is 0.300. The summed E-state index contributed by atoms with van der Waals surface area (Å²) in [6.07, 6.45) is 0. The number of nitrogens with zero attached hydrogens (tertiary/aromatic N) is 1. The van der Waals surface area contributed by atoms with Crippen LogP contribution < -0.4 is 10.5 Å². The summed E-state index contributed by atoms with van der Waals surface area (Å²) in [6, 6.07) is 2.63. The van der Waals surface area contributed by atoms with Gasteiger partial charge in [0.05, 0.1) is 4.92 Å². The maximum atomic E-state index is 13.4. The number of sulfonamides is 1. The Morgan fingerprint density at radius 1 is 1.45 bits per heavy atom. The van der Waals surface area contributed by atoms with Crippen molar-refractivity contribution in [3.8, 4) is 0 Å².